The highest BCUT2D eigenvalue weighted by atomic mass is 32.3. The molecule has 7 heteroatoms. The van der Waals surface area contributed by atoms with Gasteiger partial charge in [0.15, 0.2) is 0 Å². The summed E-state index contributed by atoms with van der Waals surface area (Å²) in [4.78, 5) is 0. The molecule has 0 radical (unpaired) electrons. The number of aryl methyl sites for hydroxylation is 2. The van der Waals surface area contributed by atoms with Gasteiger partial charge in [0, 0.05) is 0 Å². The molecule has 1 aromatic heterocycles. The maximum atomic E-state index is 10.1. The second-order valence-corrected chi connectivity index (χ2v) is 7.78. The molecule has 0 saturated carbocycles. The van der Waals surface area contributed by atoms with E-state index in [9.17, 15) is 13.0 Å². The lowest BCUT2D eigenvalue weighted by Crippen LogP contribution is -2.23. The summed E-state index contributed by atoms with van der Waals surface area (Å²) in [6, 6.07) is 0. The summed E-state index contributed by atoms with van der Waals surface area (Å²) in [7, 11) is -2.45. The molecule has 0 unspecified atom stereocenters. The topological polar surface area (TPSA) is 75.2 Å². The van der Waals surface area contributed by atoms with Crippen LogP contribution in [-0.4, -0.2) is 24.1 Å². The summed E-state index contributed by atoms with van der Waals surface area (Å²) in [5.74, 6) is 0. The molecule has 0 N–H and O–H groups in total. The van der Waals surface area contributed by atoms with Crippen LogP contribution in [0.1, 0.15) is 84.5 Å². The van der Waals surface area contributed by atoms with E-state index < -0.39 is 10.4 Å². The Hall–Kier alpha value is -0.920. The average Bonchev–Trinajstić information content (AvgIpc) is 2.98. The highest BCUT2D eigenvalue weighted by Gasteiger charge is 1.96. The average molecular weight is 391 g/mol. The van der Waals surface area contributed by atoms with E-state index in [1.54, 1.807) is 0 Å². The van der Waals surface area contributed by atoms with Crippen molar-refractivity contribution in [2.75, 3.05) is 6.61 Å². The van der Waals surface area contributed by atoms with Crippen LogP contribution in [0.25, 0.3) is 0 Å². The Morgan fingerprint density at radius 3 is 1.88 bits per heavy atom. The zero-order valence-corrected chi connectivity index (χ0v) is 17.7. The highest BCUT2D eigenvalue weighted by molar-refractivity contribution is 7.80. The van der Waals surface area contributed by atoms with Crippen LogP contribution in [0.4, 0.5) is 0 Å². The summed E-state index contributed by atoms with van der Waals surface area (Å²) in [5, 5.41) is 0. The quantitative estimate of drug-likeness (QED) is 0.207. The molecule has 0 atom stereocenters. The fourth-order valence-electron chi connectivity index (χ4n) is 2.64. The minimum absolute atomic E-state index is 0.0301. The number of unbranched alkanes of at least 4 members (excludes halogenated alkanes) is 9. The van der Waals surface area contributed by atoms with Gasteiger partial charge in [-0.05, 0) is 12.8 Å². The predicted octanol–water partition coefficient (Wildman–Crippen LogP) is 4.11. The molecule has 0 bridgehead atoms. The molecule has 1 aromatic rings. The van der Waals surface area contributed by atoms with Gasteiger partial charge in [0.1, 0.15) is 12.4 Å². The van der Waals surface area contributed by atoms with Crippen LogP contribution in [0, 0.1) is 0 Å². The lowest BCUT2D eigenvalue weighted by atomic mass is 10.1. The van der Waals surface area contributed by atoms with Crippen molar-refractivity contribution < 1.29 is 21.7 Å². The summed E-state index contributed by atoms with van der Waals surface area (Å²) in [6.45, 7) is 5.55. The third kappa shape index (κ3) is 17.9. The molecular weight excluding hydrogens is 352 g/mol. The molecule has 0 aliphatic carbocycles. The van der Waals surface area contributed by atoms with Crippen molar-refractivity contribution in [3.63, 3.8) is 0 Å². The third-order valence-corrected chi connectivity index (χ3v) is 4.49. The van der Waals surface area contributed by atoms with Gasteiger partial charge in [-0.2, -0.15) is 0 Å². The molecular formula is C19H38N2O4S. The number of nitrogens with zero attached hydrogens (tertiary/aromatic N) is 2. The summed E-state index contributed by atoms with van der Waals surface area (Å²) >= 11 is 0. The van der Waals surface area contributed by atoms with Crippen molar-refractivity contribution in [1.29, 1.82) is 0 Å². The van der Waals surface area contributed by atoms with Crippen molar-refractivity contribution in [1.82, 2.24) is 4.57 Å². The normalized spacial score (nSPS) is 11.2. The fourth-order valence-corrected chi connectivity index (χ4v) is 2.96. The monoisotopic (exact) mass is 390 g/mol. The first kappa shape index (κ1) is 25.1. The van der Waals surface area contributed by atoms with Crippen LogP contribution >= 0.6 is 0 Å². The second-order valence-electron chi connectivity index (χ2n) is 6.73. The van der Waals surface area contributed by atoms with Gasteiger partial charge in [-0.15, -0.1) is 0 Å². The lowest BCUT2D eigenvalue weighted by Gasteiger charge is -2.06. The number of rotatable bonds is 14. The van der Waals surface area contributed by atoms with Gasteiger partial charge in [-0.25, -0.2) is 17.6 Å². The van der Waals surface area contributed by atoms with Gasteiger partial charge in [-0.1, -0.05) is 71.6 Å². The van der Waals surface area contributed by atoms with Gasteiger partial charge in [0.05, 0.1) is 20.2 Å². The zero-order valence-electron chi connectivity index (χ0n) is 16.9. The number of aromatic nitrogens is 2. The number of hydrogen-bond acceptors (Lipinski definition) is 4. The van der Waals surface area contributed by atoms with E-state index in [1.165, 1.54) is 51.4 Å². The van der Waals surface area contributed by atoms with Crippen molar-refractivity contribution in [2.24, 2.45) is 7.05 Å². The molecule has 0 aromatic carbocycles. The highest BCUT2D eigenvalue weighted by Crippen LogP contribution is 2.10. The van der Waals surface area contributed by atoms with E-state index in [2.05, 4.69) is 45.9 Å². The first-order chi connectivity index (χ1) is 12.4. The van der Waals surface area contributed by atoms with E-state index >= 15 is 0 Å². The zero-order chi connectivity index (χ0) is 19.7. The minimum Gasteiger partial charge on any atom is -0.726 e. The van der Waals surface area contributed by atoms with E-state index in [1.807, 2.05) is 7.05 Å². The molecule has 0 saturated heterocycles. The molecule has 0 aliphatic rings. The van der Waals surface area contributed by atoms with E-state index in [4.69, 9.17) is 0 Å². The Balaban J connectivity index is 0.000000577. The largest absolute Gasteiger partial charge is 0.726 e. The molecule has 1 rings (SSSR count). The maximum Gasteiger partial charge on any atom is 0.243 e. The van der Waals surface area contributed by atoms with Crippen LogP contribution in [0.5, 0.6) is 0 Å². The smallest absolute Gasteiger partial charge is 0.243 e. The van der Waals surface area contributed by atoms with Crippen molar-refractivity contribution in [3.05, 3.63) is 18.7 Å². The van der Waals surface area contributed by atoms with Crippen LogP contribution in [0.15, 0.2) is 18.7 Å². The summed E-state index contributed by atoms with van der Waals surface area (Å²) in [6.07, 6.45) is 19.1. The van der Waals surface area contributed by atoms with E-state index in [0.29, 0.717) is 6.42 Å². The molecule has 6 nitrogen and oxygen atoms in total. The van der Waals surface area contributed by atoms with Gasteiger partial charge in [0.2, 0.25) is 16.7 Å². The second kappa shape index (κ2) is 16.3. The Morgan fingerprint density at radius 2 is 1.46 bits per heavy atom. The van der Waals surface area contributed by atoms with Gasteiger partial charge < -0.3 is 4.55 Å². The van der Waals surface area contributed by atoms with Gasteiger partial charge >= 0.3 is 0 Å². The third-order valence-electron chi connectivity index (χ3n) is 4.03. The molecule has 0 fully saturated rings. The summed E-state index contributed by atoms with van der Waals surface area (Å²) < 4.78 is 38.7. The molecule has 0 amide bonds. The van der Waals surface area contributed by atoms with Crippen LogP contribution in [-0.2, 0) is 28.2 Å². The molecule has 154 valence electrons. The first-order valence-electron chi connectivity index (χ1n) is 10.00. The standard InChI is InChI=1S/C12H26O4S.C7H13N2/c1-2-3-4-5-6-7-8-9-10-11-12-16-17(13,14)15;1-3-4-9-6-5-8(2)7-9/h2-12H2,1H3,(H,13,14,15);5-7H,3-4H2,1-2H3/q;+1/p-1. The Labute approximate surface area is 160 Å². The van der Waals surface area contributed by atoms with Crippen LogP contribution in [0.2, 0.25) is 0 Å². The van der Waals surface area contributed by atoms with Crippen LogP contribution < -0.4 is 4.57 Å². The maximum absolute atomic E-state index is 10.1. The Morgan fingerprint density at radius 1 is 0.923 bits per heavy atom. The van der Waals surface area contributed by atoms with Crippen LogP contribution in [0.3, 0.4) is 0 Å². The van der Waals surface area contributed by atoms with Crippen molar-refractivity contribution in [2.45, 2.75) is 91.0 Å². The van der Waals surface area contributed by atoms with E-state index in [0.717, 1.165) is 19.4 Å². The first-order valence-corrected chi connectivity index (χ1v) is 11.3. The van der Waals surface area contributed by atoms with Gasteiger partial charge in [0.25, 0.3) is 0 Å². The lowest BCUT2D eigenvalue weighted by molar-refractivity contribution is -0.671. The number of hydrogen-bond donors (Lipinski definition) is 0. The summed E-state index contributed by atoms with van der Waals surface area (Å²) in [5.41, 5.74) is 0. The molecule has 1 heterocycles. The van der Waals surface area contributed by atoms with Crippen molar-refractivity contribution in [3.8, 4) is 0 Å². The SMILES string of the molecule is CCCCCCCCCCCCOS(=O)(=O)[O-].CCCn1cc[n+](C)c1. The number of imidazole rings is 1. The predicted molar refractivity (Wildman–Crippen MR) is 103 cm³/mol. The minimum atomic E-state index is -4.48. The Bertz CT molecular complexity index is 529. The fraction of sp³-hybridized carbons (Fsp3) is 0.842. The van der Waals surface area contributed by atoms with E-state index in [-0.39, 0.29) is 6.61 Å². The Kier molecular flexibility index (Phi) is 15.7. The molecule has 0 aliphatic heterocycles. The van der Waals surface area contributed by atoms with Gasteiger partial charge in [-0.3, -0.25) is 4.18 Å². The van der Waals surface area contributed by atoms with Crippen molar-refractivity contribution >= 4 is 10.4 Å². The molecule has 26 heavy (non-hydrogen) atoms. The molecule has 0 spiro atoms.